The van der Waals surface area contributed by atoms with Crippen LogP contribution < -0.4 is 16.4 Å². The van der Waals surface area contributed by atoms with Crippen molar-refractivity contribution < 1.29 is 4.79 Å². The van der Waals surface area contributed by atoms with Crippen LogP contribution in [0.5, 0.6) is 0 Å². The van der Waals surface area contributed by atoms with E-state index in [1.165, 1.54) is 0 Å². The van der Waals surface area contributed by atoms with E-state index < -0.39 is 0 Å². The molecule has 0 spiro atoms. The molecule has 17 heavy (non-hydrogen) atoms. The van der Waals surface area contributed by atoms with Gasteiger partial charge < -0.3 is 16.4 Å². The van der Waals surface area contributed by atoms with Gasteiger partial charge >= 0.3 is 0 Å². The van der Waals surface area contributed by atoms with E-state index in [4.69, 9.17) is 5.73 Å². The first-order valence-corrected chi connectivity index (χ1v) is 6.82. The molecule has 1 rings (SSSR count). The van der Waals surface area contributed by atoms with Crippen molar-refractivity contribution in [1.29, 1.82) is 0 Å². The summed E-state index contributed by atoms with van der Waals surface area (Å²) in [6.45, 7) is 7.76. The van der Waals surface area contributed by atoms with E-state index >= 15 is 0 Å². The molecule has 0 saturated carbocycles. The van der Waals surface area contributed by atoms with Crippen molar-refractivity contribution in [2.24, 2.45) is 11.7 Å². The van der Waals surface area contributed by atoms with E-state index in [2.05, 4.69) is 31.4 Å². The number of hydrogen-bond donors (Lipinski definition) is 3. The van der Waals surface area contributed by atoms with Crippen molar-refractivity contribution in [2.45, 2.75) is 58.0 Å². The number of carbonyl (C=O) groups excluding carboxylic acids is 1. The number of nitrogens with one attached hydrogen (secondary N) is 2. The van der Waals surface area contributed by atoms with Crippen molar-refractivity contribution in [3.8, 4) is 0 Å². The molecule has 1 aliphatic heterocycles. The van der Waals surface area contributed by atoms with Gasteiger partial charge in [-0.1, -0.05) is 13.8 Å². The largest absolute Gasteiger partial charge is 0.349 e. The molecule has 4 nitrogen and oxygen atoms in total. The molecule has 100 valence electrons. The molecule has 0 aromatic carbocycles. The van der Waals surface area contributed by atoms with Gasteiger partial charge in [-0.05, 0) is 39.2 Å². The Hall–Kier alpha value is -0.610. The normalized spacial score (nSPS) is 25.6. The van der Waals surface area contributed by atoms with Crippen LogP contribution in [0.2, 0.25) is 0 Å². The number of nitrogens with two attached hydrogens (primary N) is 1. The fraction of sp³-hybridized carbons (Fsp3) is 0.923. The molecule has 4 heteroatoms. The van der Waals surface area contributed by atoms with Crippen LogP contribution in [0.3, 0.4) is 0 Å². The molecular formula is C13H27N3O. The summed E-state index contributed by atoms with van der Waals surface area (Å²) in [5, 5.41) is 6.55. The van der Waals surface area contributed by atoms with Crippen LogP contribution in [0, 0.1) is 5.92 Å². The Balaban J connectivity index is 2.57. The molecule has 1 fully saturated rings. The van der Waals surface area contributed by atoms with Crippen molar-refractivity contribution in [3.05, 3.63) is 0 Å². The Morgan fingerprint density at radius 1 is 1.47 bits per heavy atom. The molecule has 0 bridgehead atoms. The predicted octanol–water partition coefficient (Wildman–Crippen LogP) is 1.01. The molecule has 4 N–H and O–H groups in total. The predicted molar refractivity (Wildman–Crippen MR) is 70.7 cm³/mol. The summed E-state index contributed by atoms with van der Waals surface area (Å²) >= 11 is 0. The Labute approximate surface area is 105 Å². The summed E-state index contributed by atoms with van der Waals surface area (Å²) in [6.07, 6.45) is 3.66. The second-order valence-corrected chi connectivity index (χ2v) is 5.26. The lowest BCUT2D eigenvalue weighted by Gasteiger charge is -2.35. The van der Waals surface area contributed by atoms with Crippen LogP contribution >= 0.6 is 0 Å². The highest BCUT2D eigenvalue weighted by Crippen LogP contribution is 2.19. The van der Waals surface area contributed by atoms with Crippen LogP contribution in [0.15, 0.2) is 0 Å². The first-order valence-electron chi connectivity index (χ1n) is 6.82. The van der Waals surface area contributed by atoms with Gasteiger partial charge in [-0.25, -0.2) is 0 Å². The van der Waals surface area contributed by atoms with Gasteiger partial charge in [0.15, 0.2) is 0 Å². The first kappa shape index (κ1) is 14.5. The van der Waals surface area contributed by atoms with E-state index in [1.807, 2.05) is 0 Å². The fourth-order valence-electron chi connectivity index (χ4n) is 2.50. The standard InChI is InChI=1S/C13H27N3O/c1-4-13(5-2,9-14)16-12(17)11-6-7-15-10(3)8-11/h10-11,15H,4-9,14H2,1-3H3,(H,16,17)/t10-,11-/m0/s1. The number of rotatable bonds is 5. The van der Waals surface area contributed by atoms with E-state index in [9.17, 15) is 4.79 Å². The minimum atomic E-state index is -0.203. The van der Waals surface area contributed by atoms with Gasteiger partial charge in [0.2, 0.25) is 5.91 Å². The second kappa shape index (κ2) is 6.36. The Morgan fingerprint density at radius 3 is 2.59 bits per heavy atom. The molecule has 0 aliphatic carbocycles. The minimum absolute atomic E-state index is 0.148. The smallest absolute Gasteiger partial charge is 0.223 e. The van der Waals surface area contributed by atoms with Crippen LogP contribution in [-0.2, 0) is 4.79 Å². The number of carbonyl (C=O) groups is 1. The van der Waals surface area contributed by atoms with E-state index in [0.29, 0.717) is 12.6 Å². The fourth-order valence-corrected chi connectivity index (χ4v) is 2.50. The summed E-state index contributed by atoms with van der Waals surface area (Å²) in [4.78, 5) is 12.2. The Morgan fingerprint density at radius 2 is 2.12 bits per heavy atom. The highest BCUT2D eigenvalue weighted by molar-refractivity contribution is 5.79. The van der Waals surface area contributed by atoms with E-state index in [-0.39, 0.29) is 17.4 Å². The number of amides is 1. The Kier molecular flexibility index (Phi) is 5.40. The summed E-state index contributed by atoms with van der Waals surface area (Å²) in [5.41, 5.74) is 5.60. The third-order valence-electron chi connectivity index (χ3n) is 4.13. The average molecular weight is 241 g/mol. The topological polar surface area (TPSA) is 67.1 Å². The molecule has 1 heterocycles. The van der Waals surface area contributed by atoms with Crippen LogP contribution in [0.1, 0.15) is 46.5 Å². The molecule has 0 aromatic heterocycles. The third kappa shape index (κ3) is 3.68. The molecule has 0 radical (unpaired) electrons. The van der Waals surface area contributed by atoms with Crippen molar-refractivity contribution in [1.82, 2.24) is 10.6 Å². The van der Waals surface area contributed by atoms with Gasteiger partial charge in [-0.15, -0.1) is 0 Å². The maximum Gasteiger partial charge on any atom is 0.223 e. The molecule has 1 saturated heterocycles. The number of hydrogen-bond acceptors (Lipinski definition) is 3. The van der Waals surface area contributed by atoms with Crippen molar-refractivity contribution in [3.63, 3.8) is 0 Å². The summed E-state index contributed by atoms with van der Waals surface area (Å²) in [6, 6.07) is 0.440. The first-order chi connectivity index (χ1) is 8.06. The maximum absolute atomic E-state index is 12.2. The van der Waals surface area contributed by atoms with Crippen LogP contribution in [0.25, 0.3) is 0 Å². The molecule has 0 aromatic rings. The van der Waals surface area contributed by atoms with E-state index in [0.717, 1.165) is 32.2 Å². The molecule has 1 amide bonds. The summed E-state index contributed by atoms with van der Waals surface area (Å²) in [7, 11) is 0. The zero-order chi connectivity index (χ0) is 12.9. The lowest BCUT2D eigenvalue weighted by atomic mass is 9.88. The lowest BCUT2D eigenvalue weighted by molar-refractivity contribution is -0.128. The number of piperidine rings is 1. The molecular weight excluding hydrogens is 214 g/mol. The van der Waals surface area contributed by atoms with Gasteiger partial charge in [-0.2, -0.15) is 0 Å². The molecule has 0 unspecified atom stereocenters. The lowest BCUT2D eigenvalue weighted by Crippen LogP contribution is -2.55. The molecule has 1 aliphatic rings. The van der Waals surface area contributed by atoms with E-state index in [1.54, 1.807) is 0 Å². The van der Waals surface area contributed by atoms with Gasteiger partial charge in [0, 0.05) is 18.5 Å². The zero-order valence-electron chi connectivity index (χ0n) is 11.4. The van der Waals surface area contributed by atoms with Gasteiger partial charge in [0.05, 0.1) is 5.54 Å². The third-order valence-corrected chi connectivity index (χ3v) is 4.13. The van der Waals surface area contributed by atoms with Crippen molar-refractivity contribution in [2.75, 3.05) is 13.1 Å². The minimum Gasteiger partial charge on any atom is -0.349 e. The van der Waals surface area contributed by atoms with Gasteiger partial charge in [0.25, 0.3) is 0 Å². The van der Waals surface area contributed by atoms with Crippen LogP contribution in [-0.4, -0.2) is 30.6 Å². The monoisotopic (exact) mass is 241 g/mol. The SMILES string of the molecule is CCC(CC)(CN)NC(=O)[C@H]1CCN[C@@H](C)C1. The quantitative estimate of drug-likeness (QED) is 0.673. The average Bonchev–Trinajstić information content (AvgIpc) is 2.36. The second-order valence-electron chi connectivity index (χ2n) is 5.26. The molecule has 2 atom stereocenters. The Bertz CT molecular complexity index is 243. The van der Waals surface area contributed by atoms with Crippen LogP contribution in [0.4, 0.5) is 0 Å². The van der Waals surface area contributed by atoms with Crippen molar-refractivity contribution >= 4 is 5.91 Å². The van der Waals surface area contributed by atoms with Gasteiger partial charge in [-0.3, -0.25) is 4.79 Å². The highest BCUT2D eigenvalue weighted by Gasteiger charge is 2.31. The van der Waals surface area contributed by atoms with Gasteiger partial charge in [0.1, 0.15) is 0 Å². The zero-order valence-corrected chi connectivity index (χ0v) is 11.4. The maximum atomic E-state index is 12.2. The summed E-state index contributed by atoms with van der Waals surface area (Å²) in [5.74, 6) is 0.336. The highest BCUT2D eigenvalue weighted by atomic mass is 16.2. The summed E-state index contributed by atoms with van der Waals surface area (Å²) < 4.78 is 0.